The Morgan fingerprint density at radius 2 is 1.77 bits per heavy atom. The van der Waals surface area contributed by atoms with Crippen LogP contribution in [0.2, 0.25) is 0 Å². The molecule has 2 bridgehead atoms. The maximum atomic E-state index is 13.4. The molecule has 2 aliphatic rings. The van der Waals surface area contributed by atoms with E-state index in [0.717, 1.165) is 18.5 Å². The molecule has 0 N–H and O–H groups in total. The molecule has 1 aromatic carbocycles. The van der Waals surface area contributed by atoms with Crippen LogP contribution in [0.4, 0.5) is 5.69 Å². The third kappa shape index (κ3) is 1.57. The molecule has 4 heteroatoms. The first kappa shape index (κ1) is 15.7. The fraction of sp³-hybridized carbons (Fsp3) is 0.556. The molecule has 2 fully saturated rings. The smallest absolute Gasteiger partial charge is 0.235 e. The van der Waals surface area contributed by atoms with Crippen molar-refractivity contribution < 1.29 is 9.59 Å². The summed E-state index contributed by atoms with van der Waals surface area (Å²) in [4.78, 5) is 27.5. The zero-order chi connectivity index (χ0) is 16.3. The van der Waals surface area contributed by atoms with Gasteiger partial charge in [-0.3, -0.25) is 9.59 Å². The second-order valence-corrected chi connectivity index (χ2v) is 8.27. The van der Waals surface area contributed by atoms with Crippen LogP contribution in [0.15, 0.2) is 30.3 Å². The summed E-state index contributed by atoms with van der Waals surface area (Å²) in [5, 5.41) is 0. The fourth-order valence-electron chi connectivity index (χ4n) is 4.49. The number of halogens is 1. The van der Waals surface area contributed by atoms with Crippen molar-refractivity contribution in [2.45, 2.75) is 38.4 Å². The van der Waals surface area contributed by atoms with Crippen molar-refractivity contribution in [3.05, 3.63) is 30.3 Å². The van der Waals surface area contributed by atoms with Gasteiger partial charge in [0, 0.05) is 18.2 Å². The molecule has 3 rings (SSSR count). The van der Waals surface area contributed by atoms with E-state index in [9.17, 15) is 9.59 Å². The van der Waals surface area contributed by atoms with Crippen molar-refractivity contribution >= 4 is 33.3 Å². The molecule has 0 saturated heterocycles. The molecule has 3 atom stereocenters. The normalized spacial score (nSPS) is 35.7. The van der Waals surface area contributed by atoms with Gasteiger partial charge in [0.05, 0.1) is 10.2 Å². The Kier molecular flexibility index (Phi) is 3.34. The molecular formula is C18H22BrNO2. The number of amides is 1. The lowest BCUT2D eigenvalue weighted by Crippen LogP contribution is -2.51. The monoisotopic (exact) mass is 363 g/mol. The van der Waals surface area contributed by atoms with E-state index in [0.29, 0.717) is 0 Å². The van der Waals surface area contributed by atoms with Crippen LogP contribution in [0, 0.1) is 16.2 Å². The Morgan fingerprint density at radius 1 is 1.18 bits per heavy atom. The molecule has 0 spiro atoms. The Hall–Kier alpha value is -1.16. The molecule has 0 heterocycles. The third-order valence-corrected chi connectivity index (χ3v) is 7.75. The average Bonchev–Trinajstić information content (AvgIpc) is 2.79. The van der Waals surface area contributed by atoms with Crippen molar-refractivity contribution in [3.8, 4) is 0 Å². The minimum atomic E-state index is -0.663. The van der Waals surface area contributed by atoms with E-state index in [1.807, 2.05) is 37.3 Å². The van der Waals surface area contributed by atoms with Crippen LogP contribution in [0.5, 0.6) is 0 Å². The van der Waals surface area contributed by atoms with Gasteiger partial charge in [0.25, 0.3) is 0 Å². The van der Waals surface area contributed by atoms with E-state index in [4.69, 9.17) is 0 Å². The minimum absolute atomic E-state index is 0.0418. The van der Waals surface area contributed by atoms with Gasteiger partial charge in [-0.25, -0.2) is 0 Å². The van der Waals surface area contributed by atoms with Gasteiger partial charge in [0.15, 0.2) is 5.78 Å². The molecule has 118 valence electrons. The van der Waals surface area contributed by atoms with E-state index < -0.39 is 15.7 Å². The van der Waals surface area contributed by atoms with Gasteiger partial charge < -0.3 is 4.90 Å². The predicted octanol–water partition coefficient (Wildman–Crippen LogP) is 3.81. The van der Waals surface area contributed by atoms with E-state index >= 15 is 0 Å². The number of carbonyl (C=O) groups excluding carboxylic acids is 2. The number of rotatable bonds is 2. The summed E-state index contributed by atoms with van der Waals surface area (Å²) in [6, 6.07) is 9.63. The highest BCUT2D eigenvalue weighted by molar-refractivity contribution is 9.10. The van der Waals surface area contributed by atoms with Crippen molar-refractivity contribution in [2.24, 2.45) is 16.2 Å². The maximum Gasteiger partial charge on any atom is 0.235 e. The lowest BCUT2D eigenvalue weighted by molar-refractivity contribution is -0.132. The highest BCUT2D eigenvalue weighted by Gasteiger charge is 2.77. The Balaban J connectivity index is 2.07. The van der Waals surface area contributed by atoms with Crippen LogP contribution in [0.3, 0.4) is 0 Å². The number of ketones is 1. The average molecular weight is 364 g/mol. The number of alkyl halides is 1. The number of para-hydroxylation sites is 1. The summed E-state index contributed by atoms with van der Waals surface area (Å²) >= 11 is 3.57. The molecule has 2 saturated carbocycles. The molecule has 3 nitrogen and oxygen atoms in total. The highest BCUT2D eigenvalue weighted by Crippen LogP contribution is 2.72. The molecule has 1 aromatic rings. The number of Topliss-reactive ketones (excluding diaryl/α,β-unsaturated/α-hetero) is 1. The van der Waals surface area contributed by atoms with Crippen LogP contribution < -0.4 is 4.90 Å². The van der Waals surface area contributed by atoms with Gasteiger partial charge in [-0.05, 0) is 30.4 Å². The highest BCUT2D eigenvalue weighted by atomic mass is 79.9. The molecule has 0 aromatic heterocycles. The molecule has 22 heavy (non-hydrogen) atoms. The topological polar surface area (TPSA) is 37.4 Å². The summed E-state index contributed by atoms with van der Waals surface area (Å²) in [5.41, 5.74) is -0.575. The SMILES string of the molecule is CN(C(=O)C12CCC(C)(C(=O)C1Br)C2(C)C)c1ccccc1. The van der Waals surface area contributed by atoms with Gasteiger partial charge in [-0.15, -0.1) is 0 Å². The summed E-state index contributed by atoms with van der Waals surface area (Å²) < 4.78 is 0. The van der Waals surface area contributed by atoms with Crippen molar-refractivity contribution in [1.29, 1.82) is 0 Å². The van der Waals surface area contributed by atoms with Crippen LogP contribution in [0.1, 0.15) is 33.6 Å². The zero-order valence-corrected chi connectivity index (χ0v) is 15.1. The molecule has 2 aliphatic carbocycles. The van der Waals surface area contributed by atoms with Crippen LogP contribution in [-0.4, -0.2) is 23.6 Å². The first-order chi connectivity index (χ1) is 10.2. The predicted molar refractivity (Wildman–Crippen MR) is 91.1 cm³/mol. The summed E-state index contributed by atoms with van der Waals surface area (Å²) in [5.74, 6) is 0.221. The van der Waals surface area contributed by atoms with Gasteiger partial charge in [0.1, 0.15) is 0 Å². The quantitative estimate of drug-likeness (QED) is 0.749. The zero-order valence-electron chi connectivity index (χ0n) is 13.5. The molecule has 3 unspecified atom stereocenters. The number of hydrogen-bond acceptors (Lipinski definition) is 2. The lowest BCUT2D eigenvalue weighted by Gasteiger charge is -2.41. The standard InChI is InChI=1S/C18H22BrNO2/c1-16(2)17(3)10-11-18(16,13(19)14(17)21)15(22)20(4)12-8-6-5-7-9-12/h5-9,13H,10-11H2,1-4H3. The van der Waals surface area contributed by atoms with Crippen LogP contribution in [-0.2, 0) is 9.59 Å². The van der Waals surface area contributed by atoms with Gasteiger partial charge in [0.2, 0.25) is 5.91 Å². The second-order valence-electron chi connectivity index (χ2n) is 7.35. The second kappa shape index (κ2) is 4.67. The Labute approximate surface area is 140 Å². The van der Waals surface area contributed by atoms with Crippen LogP contribution in [0.25, 0.3) is 0 Å². The van der Waals surface area contributed by atoms with Crippen molar-refractivity contribution in [2.75, 3.05) is 11.9 Å². The molecule has 1 amide bonds. The van der Waals surface area contributed by atoms with E-state index in [-0.39, 0.29) is 17.1 Å². The van der Waals surface area contributed by atoms with Crippen LogP contribution >= 0.6 is 15.9 Å². The van der Waals surface area contributed by atoms with Crippen molar-refractivity contribution in [1.82, 2.24) is 0 Å². The maximum absolute atomic E-state index is 13.4. The largest absolute Gasteiger partial charge is 0.315 e. The fourth-order valence-corrected chi connectivity index (χ4v) is 6.00. The molecule has 0 aliphatic heterocycles. The number of benzene rings is 1. The number of fused-ring (bicyclic) bond motifs is 2. The first-order valence-electron chi connectivity index (χ1n) is 7.72. The minimum Gasteiger partial charge on any atom is -0.315 e. The van der Waals surface area contributed by atoms with Gasteiger partial charge >= 0.3 is 0 Å². The van der Waals surface area contributed by atoms with Gasteiger partial charge in [-0.2, -0.15) is 0 Å². The Bertz CT molecular complexity index is 642. The van der Waals surface area contributed by atoms with E-state index in [2.05, 4.69) is 29.8 Å². The Morgan fingerprint density at radius 3 is 2.27 bits per heavy atom. The number of carbonyl (C=O) groups is 2. The number of hydrogen-bond donors (Lipinski definition) is 0. The summed E-state index contributed by atoms with van der Waals surface area (Å²) in [6.45, 7) is 6.18. The number of anilines is 1. The van der Waals surface area contributed by atoms with Crippen molar-refractivity contribution in [3.63, 3.8) is 0 Å². The molecule has 0 radical (unpaired) electrons. The van der Waals surface area contributed by atoms with Gasteiger partial charge in [-0.1, -0.05) is 54.9 Å². The lowest BCUT2D eigenvalue weighted by atomic mass is 9.64. The van der Waals surface area contributed by atoms with E-state index in [1.54, 1.807) is 11.9 Å². The number of nitrogens with zero attached hydrogens (tertiary/aromatic N) is 1. The molecular weight excluding hydrogens is 342 g/mol. The summed E-state index contributed by atoms with van der Waals surface area (Å²) in [7, 11) is 1.81. The summed E-state index contributed by atoms with van der Waals surface area (Å²) in [6.07, 6.45) is 1.55. The van der Waals surface area contributed by atoms with E-state index in [1.165, 1.54) is 0 Å². The first-order valence-corrected chi connectivity index (χ1v) is 8.63. The third-order valence-electron chi connectivity index (χ3n) is 6.55.